The summed E-state index contributed by atoms with van der Waals surface area (Å²) < 4.78 is 0. The van der Waals surface area contributed by atoms with Crippen LogP contribution >= 0.6 is 0 Å². The van der Waals surface area contributed by atoms with Gasteiger partial charge in [-0.3, -0.25) is 9.69 Å². The fraction of sp³-hybridized carbons (Fsp3) is 0.571. The second-order valence-corrected chi connectivity index (χ2v) is 7.86. The molecule has 1 aliphatic rings. The second kappa shape index (κ2) is 7.80. The maximum atomic E-state index is 12.7. The molecule has 1 saturated heterocycles. The minimum Gasteiger partial charge on any atom is -0.351 e. The molecule has 1 fully saturated rings. The molecule has 1 unspecified atom stereocenters. The van der Waals surface area contributed by atoms with Crippen molar-refractivity contribution in [2.45, 2.75) is 40.2 Å². The van der Waals surface area contributed by atoms with Crippen LogP contribution in [-0.4, -0.2) is 66.5 Å². The number of hydrogen-bond acceptors (Lipinski definition) is 3. The number of nitrogens with one attached hydrogen (secondary N) is 2. The molecular weight excluding hydrogens is 324 g/mol. The van der Waals surface area contributed by atoms with Crippen molar-refractivity contribution in [1.29, 1.82) is 0 Å². The Bertz CT molecular complexity index is 787. The Morgan fingerprint density at radius 2 is 1.88 bits per heavy atom. The molecule has 26 heavy (non-hydrogen) atoms. The third kappa shape index (κ3) is 3.94. The molecule has 0 aliphatic carbocycles. The minimum absolute atomic E-state index is 0.00123. The standard InChI is InChI=1S/C21H32N4O/c1-14-12-15(2)19-18(13-14)17(4)20(23-19)21(26)22-7-6-16(3)25-10-8-24(5)9-11-25/h12-13,16,23H,6-11H2,1-5H3,(H,22,26). The number of likely N-dealkylation sites (N-methyl/N-ethyl adjacent to an activating group) is 1. The molecule has 2 heterocycles. The van der Waals surface area contributed by atoms with Crippen molar-refractivity contribution in [3.63, 3.8) is 0 Å². The first-order valence-corrected chi connectivity index (χ1v) is 9.67. The number of fused-ring (bicyclic) bond motifs is 1. The number of aryl methyl sites for hydroxylation is 3. The van der Waals surface area contributed by atoms with E-state index in [9.17, 15) is 4.79 Å². The average Bonchev–Trinajstić information content (AvgIpc) is 2.93. The van der Waals surface area contributed by atoms with Gasteiger partial charge >= 0.3 is 0 Å². The molecule has 0 spiro atoms. The van der Waals surface area contributed by atoms with Gasteiger partial charge in [0.2, 0.25) is 0 Å². The van der Waals surface area contributed by atoms with E-state index in [0.717, 1.165) is 49.1 Å². The number of H-pyrrole nitrogens is 1. The molecule has 0 bridgehead atoms. The first-order chi connectivity index (χ1) is 12.4. The number of piperazine rings is 1. The number of carbonyl (C=O) groups is 1. The summed E-state index contributed by atoms with van der Waals surface area (Å²) in [7, 11) is 2.17. The summed E-state index contributed by atoms with van der Waals surface area (Å²) in [6.45, 7) is 13.7. The van der Waals surface area contributed by atoms with E-state index in [1.807, 2.05) is 6.92 Å². The van der Waals surface area contributed by atoms with Gasteiger partial charge in [-0.1, -0.05) is 11.6 Å². The molecule has 2 N–H and O–H groups in total. The molecular formula is C21H32N4O. The Morgan fingerprint density at radius 3 is 2.58 bits per heavy atom. The van der Waals surface area contributed by atoms with E-state index in [0.29, 0.717) is 18.3 Å². The Hall–Kier alpha value is -1.85. The van der Waals surface area contributed by atoms with Gasteiger partial charge in [0.25, 0.3) is 5.91 Å². The topological polar surface area (TPSA) is 51.4 Å². The number of nitrogens with zero attached hydrogens (tertiary/aromatic N) is 2. The van der Waals surface area contributed by atoms with E-state index in [-0.39, 0.29) is 5.91 Å². The summed E-state index contributed by atoms with van der Waals surface area (Å²) in [6, 6.07) is 4.80. The maximum Gasteiger partial charge on any atom is 0.268 e. The van der Waals surface area contributed by atoms with Gasteiger partial charge in [0.15, 0.2) is 0 Å². The predicted octanol–water partition coefficient (Wildman–Crippen LogP) is 2.85. The van der Waals surface area contributed by atoms with Crippen LogP contribution in [0.1, 0.15) is 40.5 Å². The van der Waals surface area contributed by atoms with Crippen LogP contribution in [0.15, 0.2) is 12.1 Å². The van der Waals surface area contributed by atoms with Crippen LogP contribution < -0.4 is 5.32 Å². The zero-order chi connectivity index (χ0) is 18.8. The molecule has 1 aromatic carbocycles. The van der Waals surface area contributed by atoms with Crippen LogP contribution in [0.2, 0.25) is 0 Å². The van der Waals surface area contributed by atoms with Gasteiger partial charge in [-0.15, -0.1) is 0 Å². The molecule has 142 valence electrons. The molecule has 1 aromatic heterocycles. The van der Waals surface area contributed by atoms with Crippen LogP contribution in [-0.2, 0) is 0 Å². The first-order valence-electron chi connectivity index (χ1n) is 9.67. The lowest BCUT2D eigenvalue weighted by molar-refractivity contribution is 0.0930. The highest BCUT2D eigenvalue weighted by molar-refractivity contribution is 6.01. The zero-order valence-electron chi connectivity index (χ0n) is 16.8. The van der Waals surface area contributed by atoms with Gasteiger partial charge in [-0.05, 0) is 58.4 Å². The Kier molecular flexibility index (Phi) is 5.68. The Labute approximate surface area is 156 Å². The molecule has 5 heteroatoms. The van der Waals surface area contributed by atoms with Crippen molar-refractivity contribution < 1.29 is 4.79 Å². The summed E-state index contributed by atoms with van der Waals surface area (Å²) in [6.07, 6.45) is 0.979. The van der Waals surface area contributed by atoms with E-state index < -0.39 is 0 Å². The van der Waals surface area contributed by atoms with Crippen LogP contribution in [0.25, 0.3) is 10.9 Å². The highest BCUT2D eigenvalue weighted by atomic mass is 16.1. The van der Waals surface area contributed by atoms with Crippen LogP contribution in [0.4, 0.5) is 0 Å². The third-order valence-electron chi connectivity index (χ3n) is 5.74. The Morgan fingerprint density at radius 1 is 1.19 bits per heavy atom. The summed E-state index contributed by atoms with van der Waals surface area (Å²) in [5.41, 5.74) is 5.22. The third-order valence-corrected chi connectivity index (χ3v) is 5.74. The van der Waals surface area contributed by atoms with Gasteiger partial charge in [0.05, 0.1) is 0 Å². The quantitative estimate of drug-likeness (QED) is 0.866. The van der Waals surface area contributed by atoms with Crippen LogP contribution in [0.5, 0.6) is 0 Å². The van der Waals surface area contributed by atoms with Crippen molar-refractivity contribution in [3.05, 3.63) is 34.5 Å². The SMILES string of the molecule is Cc1cc(C)c2[nH]c(C(=O)NCCC(C)N3CCN(C)CC3)c(C)c2c1. The van der Waals surface area contributed by atoms with Gasteiger partial charge in [0.1, 0.15) is 5.69 Å². The predicted molar refractivity (Wildman–Crippen MR) is 108 cm³/mol. The van der Waals surface area contributed by atoms with Crippen molar-refractivity contribution >= 4 is 16.8 Å². The van der Waals surface area contributed by atoms with E-state index in [2.05, 4.69) is 60.1 Å². The molecule has 1 amide bonds. The first kappa shape index (κ1) is 18.9. The smallest absolute Gasteiger partial charge is 0.268 e. The number of rotatable bonds is 5. The number of aromatic nitrogens is 1. The normalized spacial score (nSPS) is 17.6. The van der Waals surface area contributed by atoms with Gasteiger partial charge in [-0.2, -0.15) is 0 Å². The highest BCUT2D eigenvalue weighted by Gasteiger charge is 2.20. The molecule has 2 aromatic rings. The highest BCUT2D eigenvalue weighted by Crippen LogP contribution is 2.26. The summed E-state index contributed by atoms with van der Waals surface area (Å²) in [4.78, 5) is 20.9. The molecule has 0 radical (unpaired) electrons. The van der Waals surface area contributed by atoms with Crippen molar-refractivity contribution in [2.24, 2.45) is 0 Å². The lowest BCUT2D eigenvalue weighted by Crippen LogP contribution is -2.48. The van der Waals surface area contributed by atoms with Gasteiger partial charge in [-0.25, -0.2) is 0 Å². The number of aromatic amines is 1. The van der Waals surface area contributed by atoms with E-state index in [1.165, 1.54) is 11.1 Å². The van der Waals surface area contributed by atoms with Crippen molar-refractivity contribution in [1.82, 2.24) is 20.1 Å². The minimum atomic E-state index is 0.00123. The molecule has 1 aliphatic heterocycles. The molecule has 1 atom stereocenters. The average molecular weight is 357 g/mol. The van der Waals surface area contributed by atoms with Crippen LogP contribution in [0, 0.1) is 20.8 Å². The number of hydrogen-bond donors (Lipinski definition) is 2. The van der Waals surface area contributed by atoms with Crippen molar-refractivity contribution in [3.8, 4) is 0 Å². The summed E-state index contributed by atoms with van der Waals surface area (Å²) >= 11 is 0. The number of benzene rings is 1. The van der Waals surface area contributed by atoms with Gasteiger partial charge < -0.3 is 15.2 Å². The monoisotopic (exact) mass is 356 g/mol. The number of carbonyl (C=O) groups excluding carboxylic acids is 1. The maximum absolute atomic E-state index is 12.7. The summed E-state index contributed by atoms with van der Waals surface area (Å²) in [5.74, 6) is 0.00123. The Balaban J connectivity index is 1.59. The summed E-state index contributed by atoms with van der Waals surface area (Å²) in [5, 5.41) is 4.26. The van der Waals surface area contributed by atoms with Gasteiger partial charge in [0, 0.05) is 49.7 Å². The second-order valence-electron chi connectivity index (χ2n) is 7.86. The zero-order valence-corrected chi connectivity index (χ0v) is 16.8. The largest absolute Gasteiger partial charge is 0.351 e. The molecule has 3 rings (SSSR count). The fourth-order valence-electron chi connectivity index (χ4n) is 3.94. The number of amides is 1. The van der Waals surface area contributed by atoms with Crippen molar-refractivity contribution in [2.75, 3.05) is 39.8 Å². The van der Waals surface area contributed by atoms with E-state index >= 15 is 0 Å². The molecule has 0 saturated carbocycles. The van der Waals surface area contributed by atoms with E-state index in [4.69, 9.17) is 0 Å². The molecule has 5 nitrogen and oxygen atoms in total. The fourth-order valence-corrected chi connectivity index (χ4v) is 3.94. The van der Waals surface area contributed by atoms with E-state index in [1.54, 1.807) is 0 Å². The lowest BCUT2D eigenvalue weighted by atomic mass is 10.1. The van der Waals surface area contributed by atoms with Crippen LogP contribution in [0.3, 0.4) is 0 Å². The lowest BCUT2D eigenvalue weighted by Gasteiger charge is -2.36.